The van der Waals surface area contributed by atoms with Gasteiger partial charge in [0.15, 0.2) is 0 Å². The zero-order valence-corrected chi connectivity index (χ0v) is 12.0. The van der Waals surface area contributed by atoms with Gasteiger partial charge in [-0.15, -0.1) is 0 Å². The van der Waals surface area contributed by atoms with E-state index in [9.17, 15) is 0 Å². The van der Waals surface area contributed by atoms with E-state index in [0.717, 1.165) is 31.7 Å². The smallest absolute Gasteiger partial charge is 0.127 e. The number of benzene rings is 1. The Kier molecular flexibility index (Phi) is 3.96. The molecule has 0 saturated carbocycles. The Bertz CT molecular complexity index is 406. The van der Waals surface area contributed by atoms with Gasteiger partial charge >= 0.3 is 0 Å². The number of para-hydroxylation sites is 1. The highest BCUT2D eigenvalue weighted by molar-refractivity contribution is 5.46. The van der Waals surface area contributed by atoms with Crippen molar-refractivity contribution in [3.63, 3.8) is 0 Å². The summed E-state index contributed by atoms with van der Waals surface area (Å²) in [7, 11) is 0. The first-order chi connectivity index (χ1) is 8.54. The number of fused-ring (bicyclic) bond motifs is 1. The number of nitrogens with one attached hydrogen (secondary N) is 1. The van der Waals surface area contributed by atoms with E-state index in [-0.39, 0.29) is 5.41 Å². The number of hydrogen-bond donors (Lipinski definition) is 1. The highest BCUT2D eigenvalue weighted by Gasteiger charge is 2.30. The van der Waals surface area contributed by atoms with Gasteiger partial charge in [-0.1, -0.05) is 45.9 Å². The van der Waals surface area contributed by atoms with Crippen molar-refractivity contribution in [3.05, 3.63) is 29.3 Å². The fourth-order valence-electron chi connectivity index (χ4n) is 2.64. The normalized spacial score (nSPS) is 16.2. The summed E-state index contributed by atoms with van der Waals surface area (Å²) in [5.41, 5.74) is 2.88. The maximum Gasteiger partial charge on any atom is 0.127 e. The molecule has 2 nitrogen and oxygen atoms in total. The maximum atomic E-state index is 5.85. The van der Waals surface area contributed by atoms with Crippen molar-refractivity contribution in [3.8, 4) is 5.75 Å². The summed E-state index contributed by atoms with van der Waals surface area (Å²) < 4.78 is 5.85. The molecule has 0 spiro atoms. The van der Waals surface area contributed by atoms with Gasteiger partial charge < -0.3 is 10.1 Å². The molecule has 0 fully saturated rings. The van der Waals surface area contributed by atoms with Crippen LogP contribution in [0.5, 0.6) is 5.75 Å². The number of rotatable bonds is 4. The summed E-state index contributed by atoms with van der Waals surface area (Å²) >= 11 is 0. The first-order valence-corrected chi connectivity index (χ1v) is 7.02. The van der Waals surface area contributed by atoms with Crippen molar-refractivity contribution in [1.29, 1.82) is 0 Å². The topological polar surface area (TPSA) is 21.3 Å². The molecule has 0 aromatic heterocycles. The zero-order valence-electron chi connectivity index (χ0n) is 12.0. The van der Waals surface area contributed by atoms with Crippen LogP contribution in [0.1, 0.15) is 51.3 Å². The van der Waals surface area contributed by atoms with Gasteiger partial charge in [0.2, 0.25) is 0 Å². The van der Waals surface area contributed by atoms with E-state index in [4.69, 9.17) is 4.74 Å². The molecule has 1 aromatic carbocycles. The largest absolute Gasteiger partial charge is 0.493 e. The van der Waals surface area contributed by atoms with E-state index in [2.05, 4.69) is 51.2 Å². The Balaban J connectivity index is 2.34. The lowest BCUT2D eigenvalue weighted by Gasteiger charge is -2.33. The Morgan fingerprint density at radius 2 is 2.11 bits per heavy atom. The average Bonchev–Trinajstić information content (AvgIpc) is 2.76. The molecule has 100 valence electrons. The van der Waals surface area contributed by atoms with Crippen molar-refractivity contribution in [2.75, 3.05) is 13.2 Å². The van der Waals surface area contributed by atoms with Crippen LogP contribution in [0.4, 0.5) is 0 Å². The second-order valence-corrected chi connectivity index (χ2v) is 6.19. The molecule has 0 saturated heterocycles. The van der Waals surface area contributed by atoms with Gasteiger partial charge in [-0.3, -0.25) is 0 Å². The second-order valence-electron chi connectivity index (χ2n) is 6.19. The highest BCUT2D eigenvalue weighted by atomic mass is 16.5. The molecule has 1 N–H and O–H groups in total. The minimum atomic E-state index is 0.191. The van der Waals surface area contributed by atoms with Crippen LogP contribution >= 0.6 is 0 Å². The lowest BCUT2D eigenvalue weighted by Crippen LogP contribution is -2.33. The molecule has 0 aliphatic carbocycles. The average molecular weight is 247 g/mol. The molecule has 2 rings (SSSR count). The molecule has 1 aliphatic heterocycles. The van der Waals surface area contributed by atoms with Crippen LogP contribution in [0.3, 0.4) is 0 Å². The SMILES string of the molecule is CCCNC(c1cccc2c1OCC2)C(C)(C)C. The van der Waals surface area contributed by atoms with Crippen molar-refractivity contribution >= 4 is 0 Å². The lowest BCUT2D eigenvalue weighted by molar-refractivity contribution is 0.262. The third-order valence-corrected chi connectivity index (χ3v) is 3.52. The Morgan fingerprint density at radius 1 is 1.33 bits per heavy atom. The second kappa shape index (κ2) is 5.31. The predicted octanol–water partition coefficient (Wildman–Crippen LogP) is 3.71. The summed E-state index contributed by atoms with van der Waals surface area (Å²) in [6.07, 6.45) is 2.20. The summed E-state index contributed by atoms with van der Waals surface area (Å²) in [5, 5.41) is 3.68. The van der Waals surface area contributed by atoms with Gasteiger partial charge in [0.05, 0.1) is 6.61 Å². The van der Waals surface area contributed by atoms with Crippen molar-refractivity contribution in [1.82, 2.24) is 5.32 Å². The summed E-state index contributed by atoms with van der Waals surface area (Å²) in [6.45, 7) is 10.9. The van der Waals surface area contributed by atoms with Crippen molar-refractivity contribution in [2.24, 2.45) is 5.41 Å². The molecular weight excluding hydrogens is 222 g/mol. The van der Waals surface area contributed by atoms with E-state index >= 15 is 0 Å². The van der Waals surface area contributed by atoms with Crippen LogP contribution in [0.2, 0.25) is 0 Å². The van der Waals surface area contributed by atoms with Gasteiger partial charge in [-0.25, -0.2) is 0 Å². The molecule has 2 heteroatoms. The summed E-state index contributed by atoms with van der Waals surface area (Å²) in [5.74, 6) is 1.13. The molecular formula is C16H25NO. The van der Waals surface area contributed by atoms with E-state index in [1.165, 1.54) is 11.1 Å². The first kappa shape index (κ1) is 13.4. The van der Waals surface area contributed by atoms with E-state index in [0.29, 0.717) is 6.04 Å². The number of hydrogen-bond acceptors (Lipinski definition) is 2. The quantitative estimate of drug-likeness (QED) is 0.875. The third kappa shape index (κ3) is 2.69. The van der Waals surface area contributed by atoms with Crippen LogP contribution in [0.25, 0.3) is 0 Å². The standard InChI is InChI=1S/C16H25NO/c1-5-10-17-15(16(2,3)4)13-8-6-7-12-9-11-18-14(12)13/h6-8,15,17H,5,9-11H2,1-4H3. The molecule has 0 bridgehead atoms. The molecule has 1 unspecified atom stereocenters. The summed E-state index contributed by atoms with van der Waals surface area (Å²) in [6, 6.07) is 6.91. The number of ether oxygens (including phenoxy) is 1. The molecule has 1 aromatic rings. The lowest BCUT2D eigenvalue weighted by atomic mass is 9.81. The predicted molar refractivity (Wildman–Crippen MR) is 76.1 cm³/mol. The van der Waals surface area contributed by atoms with Crippen molar-refractivity contribution in [2.45, 2.75) is 46.6 Å². The van der Waals surface area contributed by atoms with Crippen LogP contribution in [-0.2, 0) is 6.42 Å². The van der Waals surface area contributed by atoms with Gasteiger partial charge in [-0.2, -0.15) is 0 Å². The highest BCUT2D eigenvalue weighted by Crippen LogP contribution is 2.40. The van der Waals surface area contributed by atoms with Crippen molar-refractivity contribution < 1.29 is 4.74 Å². The maximum absolute atomic E-state index is 5.85. The van der Waals surface area contributed by atoms with Gasteiger partial charge in [0.1, 0.15) is 5.75 Å². The molecule has 18 heavy (non-hydrogen) atoms. The van der Waals surface area contributed by atoms with Gasteiger partial charge in [-0.05, 0) is 23.9 Å². The molecule has 0 amide bonds. The monoisotopic (exact) mass is 247 g/mol. The molecule has 1 aliphatic rings. The Hall–Kier alpha value is -1.02. The van der Waals surface area contributed by atoms with Gasteiger partial charge in [0, 0.05) is 18.0 Å². The molecule has 1 heterocycles. The summed E-state index contributed by atoms with van der Waals surface area (Å²) in [4.78, 5) is 0. The fraction of sp³-hybridized carbons (Fsp3) is 0.625. The third-order valence-electron chi connectivity index (χ3n) is 3.52. The first-order valence-electron chi connectivity index (χ1n) is 7.02. The Labute approximate surface area is 111 Å². The fourth-order valence-corrected chi connectivity index (χ4v) is 2.64. The van der Waals surface area contributed by atoms with Crippen LogP contribution < -0.4 is 10.1 Å². The van der Waals surface area contributed by atoms with Gasteiger partial charge in [0.25, 0.3) is 0 Å². The Morgan fingerprint density at radius 3 is 2.78 bits per heavy atom. The minimum absolute atomic E-state index is 0.191. The van der Waals surface area contributed by atoms with E-state index in [1.807, 2.05) is 0 Å². The minimum Gasteiger partial charge on any atom is -0.493 e. The van der Waals surface area contributed by atoms with E-state index in [1.54, 1.807) is 0 Å². The van der Waals surface area contributed by atoms with Crippen LogP contribution in [-0.4, -0.2) is 13.2 Å². The van der Waals surface area contributed by atoms with Crippen LogP contribution in [0.15, 0.2) is 18.2 Å². The van der Waals surface area contributed by atoms with E-state index < -0.39 is 0 Å². The van der Waals surface area contributed by atoms with Crippen LogP contribution in [0, 0.1) is 5.41 Å². The zero-order chi connectivity index (χ0) is 13.2. The molecule has 0 radical (unpaired) electrons. The molecule has 1 atom stereocenters.